The van der Waals surface area contributed by atoms with Crippen LogP contribution in [0.4, 0.5) is 0 Å². The highest BCUT2D eigenvalue weighted by Crippen LogP contribution is 2.39. The molecular weight excluding hydrogens is 304 g/mol. The Morgan fingerprint density at radius 3 is 2.79 bits per heavy atom. The molecule has 0 atom stereocenters. The number of hydrogen-bond donors (Lipinski definition) is 1. The van der Waals surface area contributed by atoms with Crippen LogP contribution in [0.15, 0.2) is 15.7 Å². The minimum atomic E-state index is -3.53. The predicted octanol–water partition coefficient (Wildman–Crippen LogP) is 2.03. The van der Waals surface area contributed by atoms with Gasteiger partial charge in [0.1, 0.15) is 0 Å². The Kier molecular flexibility index (Phi) is 4.11. The van der Waals surface area contributed by atoms with E-state index in [9.17, 15) is 8.42 Å². The third-order valence-electron chi connectivity index (χ3n) is 3.06. The number of rotatable bonds is 6. The maximum Gasteiger partial charge on any atom is 0.275 e. The fraction of sp³-hybridized carbons (Fsp3) is 0.727. The molecule has 0 unspecified atom stereocenters. The fourth-order valence-corrected chi connectivity index (χ4v) is 5.61. The Hall–Kier alpha value is -0.180. The highest BCUT2D eigenvalue weighted by atomic mass is 32.2. The molecule has 1 N–H and O–H groups in total. The molecule has 0 radical (unpaired) electrons. The number of sulfonamides is 1. The summed E-state index contributed by atoms with van der Waals surface area (Å²) >= 11 is 3.79. The molecule has 1 aliphatic carbocycles. The number of oxazole rings is 1. The van der Waals surface area contributed by atoms with Crippen LogP contribution in [-0.4, -0.2) is 36.0 Å². The Labute approximate surface area is 121 Å². The van der Waals surface area contributed by atoms with Crippen LogP contribution >= 0.6 is 23.5 Å². The molecule has 1 aliphatic heterocycles. The van der Waals surface area contributed by atoms with Gasteiger partial charge in [0.25, 0.3) is 15.1 Å². The molecule has 1 saturated heterocycles. The van der Waals surface area contributed by atoms with Gasteiger partial charge in [0.2, 0.25) is 0 Å². The molecule has 2 aliphatic rings. The van der Waals surface area contributed by atoms with Crippen LogP contribution < -0.4 is 4.72 Å². The molecule has 0 aromatic carbocycles. The minimum absolute atomic E-state index is 0.0545. The first-order valence-electron chi connectivity index (χ1n) is 6.34. The summed E-state index contributed by atoms with van der Waals surface area (Å²) in [6.07, 6.45) is 4.25. The van der Waals surface area contributed by atoms with E-state index in [1.807, 2.05) is 23.5 Å². The fourth-order valence-electron chi connectivity index (χ4n) is 1.87. The molecule has 0 amide bonds. The number of thioether (sulfide) groups is 2. The molecular formula is C11H16N2O3S3. The summed E-state index contributed by atoms with van der Waals surface area (Å²) in [7, 11) is -3.53. The van der Waals surface area contributed by atoms with Crippen LogP contribution in [0.5, 0.6) is 0 Å². The Balaban J connectivity index is 1.54. The van der Waals surface area contributed by atoms with Gasteiger partial charge in [0.15, 0.2) is 5.89 Å². The SMILES string of the molecule is O=S(=O)(NCCC1SCCS1)c1cnc(C2CC2)o1. The van der Waals surface area contributed by atoms with Gasteiger partial charge in [-0.2, -0.15) is 0 Å². The van der Waals surface area contributed by atoms with E-state index in [0.717, 1.165) is 30.8 Å². The van der Waals surface area contributed by atoms with Gasteiger partial charge in [0, 0.05) is 24.0 Å². The number of aromatic nitrogens is 1. The molecule has 2 fully saturated rings. The summed E-state index contributed by atoms with van der Waals surface area (Å²) in [5, 5.41) is -0.0545. The van der Waals surface area contributed by atoms with Gasteiger partial charge in [-0.1, -0.05) is 0 Å². The van der Waals surface area contributed by atoms with E-state index >= 15 is 0 Å². The zero-order valence-electron chi connectivity index (χ0n) is 10.4. The predicted molar refractivity (Wildman–Crippen MR) is 77.0 cm³/mol. The maximum absolute atomic E-state index is 12.0. The molecule has 1 aromatic heterocycles. The molecule has 1 aromatic rings. The van der Waals surface area contributed by atoms with Crippen molar-refractivity contribution in [3.63, 3.8) is 0 Å². The third kappa shape index (κ3) is 3.48. The van der Waals surface area contributed by atoms with E-state index < -0.39 is 10.0 Å². The number of nitrogens with one attached hydrogen (secondary N) is 1. The average Bonchev–Trinajstić information content (AvgIpc) is 2.92. The van der Waals surface area contributed by atoms with Crippen molar-refractivity contribution in [2.75, 3.05) is 18.1 Å². The zero-order valence-corrected chi connectivity index (χ0v) is 12.8. The van der Waals surface area contributed by atoms with Crippen molar-refractivity contribution in [1.29, 1.82) is 0 Å². The normalized spacial score (nSPS) is 21.1. The highest BCUT2D eigenvalue weighted by molar-refractivity contribution is 8.20. The topological polar surface area (TPSA) is 72.2 Å². The van der Waals surface area contributed by atoms with Crippen molar-refractivity contribution >= 4 is 33.5 Å². The van der Waals surface area contributed by atoms with Crippen molar-refractivity contribution in [2.24, 2.45) is 0 Å². The van der Waals surface area contributed by atoms with Crippen molar-refractivity contribution in [1.82, 2.24) is 9.71 Å². The monoisotopic (exact) mass is 320 g/mol. The summed E-state index contributed by atoms with van der Waals surface area (Å²) in [5.74, 6) is 3.21. The van der Waals surface area contributed by atoms with Gasteiger partial charge in [-0.15, -0.1) is 23.5 Å². The second-order valence-electron chi connectivity index (χ2n) is 4.65. The van der Waals surface area contributed by atoms with Crippen molar-refractivity contribution in [3.05, 3.63) is 12.1 Å². The molecule has 1 saturated carbocycles. The molecule has 19 heavy (non-hydrogen) atoms. The molecule has 5 nitrogen and oxygen atoms in total. The van der Waals surface area contributed by atoms with Crippen LogP contribution in [0.25, 0.3) is 0 Å². The number of nitrogens with zero attached hydrogens (tertiary/aromatic N) is 1. The summed E-state index contributed by atoms with van der Waals surface area (Å²) in [6.45, 7) is 0.451. The van der Waals surface area contributed by atoms with E-state index in [1.165, 1.54) is 6.20 Å². The number of hydrogen-bond acceptors (Lipinski definition) is 6. The summed E-state index contributed by atoms with van der Waals surface area (Å²) in [4.78, 5) is 4.04. The van der Waals surface area contributed by atoms with E-state index in [1.54, 1.807) is 0 Å². The van der Waals surface area contributed by atoms with Crippen LogP contribution in [0.1, 0.15) is 31.1 Å². The Bertz CT molecular complexity index is 533. The van der Waals surface area contributed by atoms with E-state index in [0.29, 0.717) is 22.9 Å². The van der Waals surface area contributed by atoms with Gasteiger partial charge in [0.05, 0.1) is 10.8 Å². The molecule has 0 bridgehead atoms. The van der Waals surface area contributed by atoms with Gasteiger partial charge >= 0.3 is 0 Å². The van der Waals surface area contributed by atoms with E-state index in [-0.39, 0.29) is 5.09 Å². The third-order valence-corrected chi connectivity index (χ3v) is 7.53. The second kappa shape index (κ2) is 5.67. The zero-order chi connectivity index (χ0) is 13.3. The summed E-state index contributed by atoms with van der Waals surface area (Å²) < 4.78 is 32.4. The molecule has 2 heterocycles. The van der Waals surface area contributed by atoms with Crippen LogP contribution in [0, 0.1) is 0 Å². The first kappa shape index (κ1) is 13.8. The average molecular weight is 320 g/mol. The standard InChI is InChI=1S/C11H16N2O3S3/c14-19(15,13-4-3-10-17-5-6-18-10)9-7-12-11(16-9)8-1-2-8/h7-8,10,13H,1-6H2. The lowest BCUT2D eigenvalue weighted by molar-refractivity contribution is 0.406. The first-order chi connectivity index (χ1) is 9.15. The van der Waals surface area contributed by atoms with E-state index in [4.69, 9.17) is 4.42 Å². The molecule has 106 valence electrons. The molecule has 0 spiro atoms. The first-order valence-corrected chi connectivity index (χ1v) is 9.92. The summed E-state index contributed by atoms with van der Waals surface area (Å²) in [6, 6.07) is 0. The van der Waals surface area contributed by atoms with Gasteiger partial charge < -0.3 is 4.42 Å². The lowest BCUT2D eigenvalue weighted by atomic mass is 10.4. The quantitative estimate of drug-likeness (QED) is 0.864. The minimum Gasteiger partial charge on any atom is -0.428 e. The Morgan fingerprint density at radius 2 is 2.11 bits per heavy atom. The Morgan fingerprint density at radius 1 is 1.37 bits per heavy atom. The van der Waals surface area contributed by atoms with Gasteiger partial charge in [-0.25, -0.2) is 18.1 Å². The van der Waals surface area contributed by atoms with Crippen LogP contribution in [-0.2, 0) is 10.0 Å². The largest absolute Gasteiger partial charge is 0.428 e. The van der Waals surface area contributed by atoms with Crippen molar-refractivity contribution in [2.45, 2.75) is 34.9 Å². The van der Waals surface area contributed by atoms with Gasteiger partial charge in [-0.05, 0) is 19.3 Å². The molecule has 8 heteroatoms. The van der Waals surface area contributed by atoms with Crippen LogP contribution in [0.2, 0.25) is 0 Å². The summed E-state index contributed by atoms with van der Waals surface area (Å²) in [5.41, 5.74) is 0. The smallest absolute Gasteiger partial charge is 0.275 e. The lowest BCUT2D eigenvalue weighted by Gasteiger charge is -2.08. The highest BCUT2D eigenvalue weighted by Gasteiger charge is 2.30. The second-order valence-corrected chi connectivity index (χ2v) is 9.27. The lowest BCUT2D eigenvalue weighted by Crippen LogP contribution is -2.25. The van der Waals surface area contributed by atoms with Gasteiger partial charge in [-0.3, -0.25) is 0 Å². The van der Waals surface area contributed by atoms with Crippen molar-refractivity contribution < 1.29 is 12.8 Å². The maximum atomic E-state index is 12.0. The molecule has 3 rings (SSSR count). The van der Waals surface area contributed by atoms with E-state index in [2.05, 4.69) is 9.71 Å². The van der Waals surface area contributed by atoms with Crippen LogP contribution in [0.3, 0.4) is 0 Å². The van der Waals surface area contributed by atoms with Crippen molar-refractivity contribution in [3.8, 4) is 0 Å².